The quantitative estimate of drug-likeness (QED) is 0.354. The summed E-state index contributed by atoms with van der Waals surface area (Å²) in [5, 5.41) is 0.259. The summed E-state index contributed by atoms with van der Waals surface area (Å²) >= 11 is 11.3. The van der Waals surface area contributed by atoms with Crippen LogP contribution >= 0.6 is 23.2 Å². The van der Waals surface area contributed by atoms with Crippen LogP contribution in [0, 0.1) is 11.8 Å². The van der Waals surface area contributed by atoms with Gasteiger partial charge in [0.1, 0.15) is 5.15 Å². The number of halogens is 2. The predicted molar refractivity (Wildman–Crippen MR) is 62.8 cm³/mol. The molecule has 1 aromatic rings. The largest absolute Gasteiger partial charge is 0.465 e. The van der Waals surface area contributed by atoms with E-state index in [0.717, 1.165) is 0 Å². The lowest BCUT2D eigenvalue weighted by Gasteiger charge is -2.00. The minimum absolute atomic E-state index is 0.259. The van der Waals surface area contributed by atoms with E-state index in [2.05, 4.69) is 21.6 Å². The minimum atomic E-state index is -0.468. The maximum atomic E-state index is 11.2. The van der Waals surface area contributed by atoms with Crippen molar-refractivity contribution in [3.05, 3.63) is 28.5 Å². The van der Waals surface area contributed by atoms with Gasteiger partial charge in [-0.25, -0.2) is 9.78 Å². The molecule has 0 spiro atoms. The average Bonchev–Trinajstić information content (AvgIpc) is 2.31. The second-order valence-corrected chi connectivity index (χ2v) is 3.53. The fourth-order valence-corrected chi connectivity index (χ4v) is 1.22. The van der Waals surface area contributed by atoms with E-state index < -0.39 is 5.97 Å². The molecule has 0 bridgehead atoms. The zero-order valence-electron chi connectivity index (χ0n) is 8.59. The first-order valence-electron chi connectivity index (χ1n) is 4.47. The number of hydrogen-bond acceptors (Lipinski definition) is 3. The van der Waals surface area contributed by atoms with Gasteiger partial charge in [-0.2, -0.15) is 0 Å². The molecule has 3 nitrogen and oxygen atoms in total. The Bertz CT molecular complexity index is 449. The van der Waals surface area contributed by atoms with Gasteiger partial charge in [-0.1, -0.05) is 23.4 Å². The van der Waals surface area contributed by atoms with Crippen LogP contribution < -0.4 is 0 Å². The topological polar surface area (TPSA) is 39.2 Å². The monoisotopic (exact) mass is 257 g/mol. The molecule has 0 aliphatic rings. The number of hydrogen-bond donors (Lipinski definition) is 0. The lowest BCUT2D eigenvalue weighted by molar-refractivity contribution is 0.0600. The van der Waals surface area contributed by atoms with Crippen LogP contribution in [-0.4, -0.2) is 23.9 Å². The van der Waals surface area contributed by atoms with Crippen molar-refractivity contribution in [2.45, 2.75) is 6.42 Å². The third kappa shape index (κ3) is 3.41. The summed E-state index contributed by atoms with van der Waals surface area (Å²) in [5.74, 6) is 5.60. The van der Waals surface area contributed by atoms with Crippen molar-refractivity contribution in [2.75, 3.05) is 13.0 Å². The zero-order chi connectivity index (χ0) is 12.0. The summed E-state index contributed by atoms with van der Waals surface area (Å²) < 4.78 is 4.57. The Labute approximate surface area is 104 Å². The molecular formula is C11H9Cl2NO2. The van der Waals surface area contributed by atoms with Crippen molar-refractivity contribution in [1.29, 1.82) is 0 Å². The van der Waals surface area contributed by atoms with Crippen LogP contribution in [0.4, 0.5) is 0 Å². The number of esters is 1. The Morgan fingerprint density at radius 2 is 2.38 bits per heavy atom. The van der Waals surface area contributed by atoms with E-state index in [1.165, 1.54) is 13.3 Å². The van der Waals surface area contributed by atoms with Crippen molar-refractivity contribution in [1.82, 2.24) is 4.98 Å². The smallest absolute Gasteiger partial charge is 0.339 e. The SMILES string of the molecule is COC(=O)c1cnc(Cl)c(C#CCCCl)c1. The summed E-state index contributed by atoms with van der Waals surface area (Å²) in [5.41, 5.74) is 0.816. The number of nitrogens with zero attached hydrogens (tertiary/aromatic N) is 1. The second kappa shape index (κ2) is 6.37. The Morgan fingerprint density at radius 1 is 1.62 bits per heavy atom. The summed E-state index contributed by atoms with van der Waals surface area (Å²) in [6.07, 6.45) is 1.90. The van der Waals surface area contributed by atoms with Gasteiger partial charge in [0.2, 0.25) is 0 Å². The number of aromatic nitrogens is 1. The van der Waals surface area contributed by atoms with E-state index in [1.54, 1.807) is 6.07 Å². The first kappa shape index (κ1) is 12.8. The lowest BCUT2D eigenvalue weighted by Crippen LogP contribution is -2.02. The maximum absolute atomic E-state index is 11.2. The molecule has 0 aromatic carbocycles. The van der Waals surface area contributed by atoms with Gasteiger partial charge in [0, 0.05) is 18.5 Å². The molecule has 84 valence electrons. The Morgan fingerprint density at radius 3 is 3.00 bits per heavy atom. The number of rotatable bonds is 2. The van der Waals surface area contributed by atoms with Crippen LogP contribution in [-0.2, 0) is 4.74 Å². The zero-order valence-corrected chi connectivity index (χ0v) is 10.1. The predicted octanol–water partition coefficient (Wildman–Crippen LogP) is 2.50. The summed E-state index contributed by atoms with van der Waals surface area (Å²) in [6.45, 7) is 0. The van der Waals surface area contributed by atoms with Gasteiger partial charge in [0.15, 0.2) is 0 Å². The van der Waals surface area contributed by atoms with Crippen LogP contribution in [0.15, 0.2) is 12.3 Å². The van der Waals surface area contributed by atoms with Crippen LogP contribution in [0.1, 0.15) is 22.3 Å². The highest BCUT2D eigenvalue weighted by Crippen LogP contribution is 2.13. The molecule has 0 unspecified atom stereocenters. The molecule has 0 saturated heterocycles. The van der Waals surface area contributed by atoms with Crippen molar-refractivity contribution >= 4 is 29.2 Å². The first-order valence-corrected chi connectivity index (χ1v) is 5.39. The standard InChI is InChI=1S/C11H9Cl2NO2/c1-16-11(15)9-6-8(4-2-3-5-12)10(13)14-7-9/h6-7H,3,5H2,1H3. The highest BCUT2D eigenvalue weighted by Gasteiger charge is 2.08. The summed E-state index contributed by atoms with van der Waals surface area (Å²) in [4.78, 5) is 15.1. The van der Waals surface area contributed by atoms with Crippen LogP contribution in [0.25, 0.3) is 0 Å². The van der Waals surface area contributed by atoms with Crippen LogP contribution in [0.2, 0.25) is 5.15 Å². The molecule has 0 fully saturated rings. The highest BCUT2D eigenvalue weighted by molar-refractivity contribution is 6.30. The molecule has 0 aliphatic heterocycles. The molecule has 5 heteroatoms. The lowest BCUT2D eigenvalue weighted by atomic mass is 10.2. The summed E-state index contributed by atoms with van der Waals surface area (Å²) in [7, 11) is 1.30. The van der Waals surface area contributed by atoms with E-state index in [-0.39, 0.29) is 5.15 Å². The van der Waals surface area contributed by atoms with Gasteiger partial charge in [0.25, 0.3) is 0 Å². The molecular weight excluding hydrogens is 249 g/mol. The van der Waals surface area contributed by atoms with Gasteiger partial charge < -0.3 is 4.74 Å². The highest BCUT2D eigenvalue weighted by atomic mass is 35.5. The maximum Gasteiger partial charge on any atom is 0.339 e. The molecule has 1 heterocycles. The van der Waals surface area contributed by atoms with E-state index in [1.807, 2.05) is 0 Å². The van der Waals surface area contributed by atoms with Gasteiger partial charge in [-0.05, 0) is 6.07 Å². The number of methoxy groups -OCH3 is 1. The van der Waals surface area contributed by atoms with E-state index in [0.29, 0.717) is 23.4 Å². The molecule has 0 amide bonds. The number of alkyl halides is 1. The van der Waals surface area contributed by atoms with Crippen molar-refractivity contribution in [2.24, 2.45) is 0 Å². The van der Waals surface area contributed by atoms with Crippen molar-refractivity contribution in [3.8, 4) is 11.8 Å². The molecule has 1 rings (SSSR count). The fourth-order valence-electron chi connectivity index (χ4n) is 0.970. The molecule has 16 heavy (non-hydrogen) atoms. The van der Waals surface area contributed by atoms with Crippen LogP contribution in [0.3, 0.4) is 0 Å². The number of ether oxygens (including phenoxy) is 1. The van der Waals surface area contributed by atoms with Crippen molar-refractivity contribution < 1.29 is 9.53 Å². The van der Waals surface area contributed by atoms with E-state index in [4.69, 9.17) is 23.2 Å². The summed E-state index contributed by atoms with van der Waals surface area (Å²) in [6, 6.07) is 1.54. The van der Waals surface area contributed by atoms with E-state index >= 15 is 0 Å². The van der Waals surface area contributed by atoms with Gasteiger partial charge in [0.05, 0.1) is 18.2 Å². The van der Waals surface area contributed by atoms with Crippen LogP contribution in [0.5, 0.6) is 0 Å². The van der Waals surface area contributed by atoms with Gasteiger partial charge in [-0.15, -0.1) is 11.6 Å². The number of carbonyl (C=O) groups is 1. The molecule has 0 atom stereocenters. The fraction of sp³-hybridized carbons (Fsp3) is 0.273. The van der Waals surface area contributed by atoms with E-state index in [9.17, 15) is 4.79 Å². The molecule has 0 N–H and O–H groups in total. The van der Waals surface area contributed by atoms with Gasteiger partial charge >= 0.3 is 5.97 Å². The van der Waals surface area contributed by atoms with Crippen molar-refractivity contribution in [3.63, 3.8) is 0 Å². The average molecular weight is 258 g/mol. The molecule has 0 aliphatic carbocycles. The number of carbonyl (C=O) groups excluding carboxylic acids is 1. The second-order valence-electron chi connectivity index (χ2n) is 2.79. The third-order valence-corrected chi connectivity index (χ3v) is 2.19. The van der Waals surface area contributed by atoms with Gasteiger partial charge in [-0.3, -0.25) is 0 Å². The Kier molecular flexibility index (Phi) is 5.10. The number of pyridine rings is 1. The third-order valence-electron chi connectivity index (χ3n) is 1.70. The Hall–Kier alpha value is -1.24. The molecule has 1 aromatic heterocycles. The Balaban J connectivity index is 3.01. The normalized spacial score (nSPS) is 9.19. The molecule has 0 radical (unpaired) electrons. The first-order chi connectivity index (χ1) is 7.69. The minimum Gasteiger partial charge on any atom is -0.465 e. The molecule has 0 saturated carbocycles.